The molecule has 0 aromatic carbocycles. The van der Waals surface area contributed by atoms with E-state index in [9.17, 15) is 30.3 Å². The zero-order chi connectivity index (χ0) is 17.7. The summed E-state index contributed by atoms with van der Waals surface area (Å²) in [5, 5.41) is 66.8. The minimum atomic E-state index is -1.78. The molecule has 0 radical (unpaired) electrons. The van der Waals surface area contributed by atoms with Crippen LogP contribution in [0, 0.1) is 0 Å². The van der Waals surface area contributed by atoms with Crippen molar-refractivity contribution in [3.63, 3.8) is 0 Å². The second-order valence-corrected chi connectivity index (χ2v) is 5.25. The van der Waals surface area contributed by atoms with Crippen molar-refractivity contribution in [2.45, 2.75) is 55.1 Å². The number of rotatable bonds is 8. The van der Waals surface area contributed by atoms with Gasteiger partial charge in [-0.2, -0.15) is 0 Å². The summed E-state index contributed by atoms with van der Waals surface area (Å²) < 4.78 is 10.2. The van der Waals surface area contributed by atoms with E-state index in [2.05, 4.69) is 0 Å². The van der Waals surface area contributed by atoms with Crippen molar-refractivity contribution in [2.75, 3.05) is 13.2 Å². The van der Waals surface area contributed by atoms with Gasteiger partial charge in [-0.25, -0.2) is 0 Å². The van der Waals surface area contributed by atoms with E-state index < -0.39 is 68.3 Å². The molecule has 0 unspecified atom stereocenters. The lowest BCUT2D eigenvalue weighted by Crippen LogP contribution is -2.62. The Morgan fingerprint density at radius 3 is 2.17 bits per heavy atom. The Hall–Kier alpha value is -0.440. The van der Waals surface area contributed by atoms with Gasteiger partial charge in [-0.05, 0) is 0 Å². The lowest BCUT2D eigenvalue weighted by molar-refractivity contribution is -0.324. The Labute approximate surface area is 143 Å². The lowest BCUT2D eigenvalue weighted by atomic mass is 9.98. The predicted molar refractivity (Wildman–Crippen MR) is 79.0 cm³/mol. The average molecular weight is 378 g/mol. The van der Waals surface area contributed by atoms with Crippen molar-refractivity contribution in [1.82, 2.24) is 0 Å². The van der Waals surface area contributed by atoms with Gasteiger partial charge in [0, 0.05) is 0 Å². The van der Waals surface area contributed by atoms with Crippen molar-refractivity contribution < 1.29 is 50.0 Å². The smallest absolute Gasteiger partial charge is 0.187 e. The highest BCUT2D eigenvalue weighted by atomic mass is 35.5. The molecule has 0 spiro atoms. The Morgan fingerprint density at radius 1 is 1.12 bits per heavy atom. The Kier molecular flexibility index (Phi) is 10.3. The van der Waals surface area contributed by atoms with Crippen LogP contribution >= 0.6 is 12.4 Å². The molecule has 1 fully saturated rings. The Morgan fingerprint density at radius 2 is 1.71 bits per heavy atom. The molecule has 0 aliphatic carbocycles. The van der Waals surface area contributed by atoms with Crippen molar-refractivity contribution in [3.05, 3.63) is 0 Å². The largest absolute Gasteiger partial charge is 0.394 e. The van der Waals surface area contributed by atoms with Crippen molar-refractivity contribution in [2.24, 2.45) is 5.73 Å². The molecule has 1 aliphatic rings. The van der Waals surface area contributed by atoms with E-state index in [1.54, 1.807) is 0 Å². The molecule has 0 amide bonds. The van der Waals surface area contributed by atoms with Crippen LogP contribution in [0.3, 0.4) is 0 Å². The number of hydrogen-bond acceptors (Lipinski definition) is 11. The van der Waals surface area contributed by atoms with E-state index in [1.807, 2.05) is 0 Å². The molecule has 0 bridgehead atoms. The summed E-state index contributed by atoms with van der Waals surface area (Å²) in [5.74, 6) is 0. The van der Waals surface area contributed by atoms with Gasteiger partial charge in [0.2, 0.25) is 0 Å². The molecule has 24 heavy (non-hydrogen) atoms. The number of aliphatic hydroxyl groups is 7. The zero-order valence-corrected chi connectivity index (χ0v) is 13.3. The van der Waals surface area contributed by atoms with Crippen molar-refractivity contribution in [3.8, 4) is 0 Å². The van der Waals surface area contributed by atoms with E-state index in [0.29, 0.717) is 0 Å². The van der Waals surface area contributed by atoms with Gasteiger partial charge < -0.3 is 55.7 Å². The van der Waals surface area contributed by atoms with Crippen LogP contribution in [0.1, 0.15) is 0 Å². The summed E-state index contributed by atoms with van der Waals surface area (Å²) in [7, 11) is 0. The first-order valence-electron chi connectivity index (χ1n) is 6.92. The summed E-state index contributed by atoms with van der Waals surface area (Å²) >= 11 is 0. The highest BCUT2D eigenvalue weighted by Crippen LogP contribution is 2.24. The predicted octanol–water partition coefficient (Wildman–Crippen LogP) is -5.17. The number of aliphatic hydroxyl groups excluding tert-OH is 7. The molecule has 0 aromatic rings. The number of ether oxygens (including phenoxy) is 2. The number of nitrogens with two attached hydrogens (primary N) is 1. The van der Waals surface area contributed by atoms with Gasteiger partial charge in [0.25, 0.3) is 0 Å². The van der Waals surface area contributed by atoms with Gasteiger partial charge >= 0.3 is 0 Å². The summed E-state index contributed by atoms with van der Waals surface area (Å²) in [5.41, 5.74) is 5.33. The number of carbonyl (C=O) groups excluding carboxylic acids is 1. The summed E-state index contributed by atoms with van der Waals surface area (Å²) in [6.45, 7) is -1.56. The lowest BCUT2D eigenvalue weighted by Gasteiger charge is -2.42. The monoisotopic (exact) mass is 377 g/mol. The van der Waals surface area contributed by atoms with Gasteiger partial charge in [-0.15, -0.1) is 12.4 Å². The number of carbonyl (C=O) groups is 1. The fraction of sp³-hybridized carbons (Fsp3) is 0.917. The SMILES string of the molecule is Cl.N[C@@H](C=O)[C@@H](O)[C@H](O[C@@H]1O[C@H](CO)[C@H](O)[C@H](O)[C@H]1O)[C@H](O)CO. The van der Waals surface area contributed by atoms with E-state index in [0.717, 1.165) is 0 Å². The first-order valence-corrected chi connectivity index (χ1v) is 6.92. The molecule has 12 heteroatoms. The molecule has 1 rings (SSSR count). The van der Waals surface area contributed by atoms with Gasteiger partial charge in [0.05, 0.1) is 19.3 Å². The molecular weight excluding hydrogens is 354 g/mol. The molecule has 0 aromatic heterocycles. The quantitative estimate of drug-likeness (QED) is 0.188. The molecule has 1 heterocycles. The maximum absolute atomic E-state index is 10.6. The number of halogens is 1. The molecule has 0 saturated carbocycles. The zero-order valence-electron chi connectivity index (χ0n) is 12.5. The summed E-state index contributed by atoms with van der Waals surface area (Å²) in [6.07, 6.45) is -12.9. The molecule has 11 nitrogen and oxygen atoms in total. The number of aldehydes is 1. The van der Waals surface area contributed by atoms with Crippen LogP contribution in [0.25, 0.3) is 0 Å². The third-order valence-electron chi connectivity index (χ3n) is 3.59. The fourth-order valence-electron chi connectivity index (χ4n) is 2.14. The molecule has 144 valence electrons. The van der Waals surface area contributed by atoms with Crippen LogP contribution in [-0.2, 0) is 14.3 Å². The first kappa shape index (κ1) is 23.6. The van der Waals surface area contributed by atoms with E-state index in [-0.39, 0.29) is 18.7 Å². The highest BCUT2D eigenvalue weighted by Gasteiger charge is 2.46. The highest BCUT2D eigenvalue weighted by molar-refractivity contribution is 5.85. The van der Waals surface area contributed by atoms with Gasteiger partial charge in [-0.3, -0.25) is 0 Å². The molecule has 1 saturated heterocycles. The maximum Gasteiger partial charge on any atom is 0.187 e. The van der Waals surface area contributed by atoms with Crippen LogP contribution in [-0.4, -0.2) is 110 Å². The van der Waals surface area contributed by atoms with Crippen LogP contribution in [0.4, 0.5) is 0 Å². The minimum Gasteiger partial charge on any atom is -0.394 e. The summed E-state index contributed by atoms with van der Waals surface area (Å²) in [4.78, 5) is 10.6. The normalized spacial score (nSPS) is 35.4. The molecular formula is C12H24ClNO10. The Balaban J connectivity index is 0.00000529. The third-order valence-corrected chi connectivity index (χ3v) is 3.59. The van der Waals surface area contributed by atoms with E-state index in [1.165, 1.54) is 0 Å². The van der Waals surface area contributed by atoms with Crippen molar-refractivity contribution in [1.29, 1.82) is 0 Å². The standard InChI is InChI=1S/C12H23NO10.ClH/c13-4(1-14)7(18)11(5(17)2-15)23-12-10(21)9(20)8(19)6(3-16)22-12;/h1,4-12,15-21H,2-3,13H2;1H/t4-,5+,6+,7+,8-,9-,10+,11+,12-;/m0./s1. The third kappa shape index (κ3) is 5.28. The first-order chi connectivity index (χ1) is 10.8. The van der Waals surface area contributed by atoms with Crippen LogP contribution in [0.2, 0.25) is 0 Å². The van der Waals surface area contributed by atoms with Gasteiger partial charge in [0.1, 0.15) is 49.0 Å². The molecule has 1 aliphatic heterocycles. The summed E-state index contributed by atoms with van der Waals surface area (Å²) in [6, 6.07) is -1.45. The van der Waals surface area contributed by atoms with Crippen LogP contribution < -0.4 is 5.73 Å². The fourth-order valence-corrected chi connectivity index (χ4v) is 2.14. The average Bonchev–Trinajstić information content (AvgIpc) is 2.57. The molecule has 9 N–H and O–H groups in total. The molecule has 9 atom stereocenters. The van der Waals surface area contributed by atoms with Crippen LogP contribution in [0.5, 0.6) is 0 Å². The topological polar surface area (TPSA) is 203 Å². The van der Waals surface area contributed by atoms with Gasteiger partial charge in [0.15, 0.2) is 6.29 Å². The second-order valence-electron chi connectivity index (χ2n) is 5.25. The second kappa shape index (κ2) is 10.5. The number of hydrogen-bond donors (Lipinski definition) is 8. The van der Waals surface area contributed by atoms with E-state index in [4.69, 9.17) is 25.4 Å². The van der Waals surface area contributed by atoms with Crippen LogP contribution in [0.15, 0.2) is 0 Å². The van der Waals surface area contributed by atoms with Crippen molar-refractivity contribution >= 4 is 18.7 Å². The maximum atomic E-state index is 10.6. The van der Waals surface area contributed by atoms with Gasteiger partial charge in [-0.1, -0.05) is 0 Å². The Bertz CT molecular complexity index is 376. The minimum absolute atomic E-state index is 0. The van der Waals surface area contributed by atoms with E-state index >= 15 is 0 Å².